The van der Waals surface area contributed by atoms with E-state index in [4.69, 9.17) is 9.15 Å². The van der Waals surface area contributed by atoms with Gasteiger partial charge in [0.2, 0.25) is 21.8 Å². The molecule has 1 aromatic heterocycles. The lowest BCUT2D eigenvalue weighted by molar-refractivity contribution is -0.142. The summed E-state index contributed by atoms with van der Waals surface area (Å²) >= 11 is 0. The zero-order valence-corrected chi connectivity index (χ0v) is 19.7. The summed E-state index contributed by atoms with van der Waals surface area (Å²) in [6.07, 6.45) is 3.29. The topological polar surface area (TPSA) is 118 Å². The molecule has 180 valence electrons. The van der Waals surface area contributed by atoms with Gasteiger partial charge in [-0.05, 0) is 43.0 Å². The molecule has 1 saturated heterocycles. The number of nitrogens with one attached hydrogen (secondary N) is 2. The Kier molecular flexibility index (Phi) is 8.65. The smallest absolute Gasteiger partial charge is 0.243 e. The largest absolute Gasteiger partial charge is 0.467 e. The minimum atomic E-state index is -3.88. The van der Waals surface area contributed by atoms with Crippen LogP contribution in [0.25, 0.3) is 0 Å². The minimum absolute atomic E-state index is 0.0336. The van der Waals surface area contributed by atoms with Crippen molar-refractivity contribution >= 4 is 21.8 Å². The van der Waals surface area contributed by atoms with E-state index in [0.29, 0.717) is 18.9 Å². The predicted octanol–water partition coefficient (Wildman–Crippen LogP) is 1.91. The highest BCUT2D eigenvalue weighted by atomic mass is 32.2. The van der Waals surface area contributed by atoms with E-state index in [2.05, 4.69) is 10.0 Å². The number of nitrogens with zero attached hydrogens (tertiary/aromatic N) is 1. The van der Waals surface area contributed by atoms with Crippen molar-refractivity contribution in [3.63, 3.8) is 0 Å². The summed E-state index contributed by atoms with van der Waals surface area (Å²) in [7, 11) is -3.88. The predicted molar refractivity (Wildman–Crippen MR) is 121 cm³/mol. The fraction of sp³-hybridized carbons (Fsp3) is 0.478. The number of ether oxygens (including phenoxy) is 1. The monoisotopic (exact) mass is 477 g/mol. The summed E-state index contributed by atoms with van der Waals surface area (Å²) in [6, 6.07) is 10.4. The number of carbonyl (C=O) groups excluding carboxylic acids is 2. The Morgan fingerprint density at radius 2 is 1.91 bits per heavy atom. The molecule has 1 fully saturated rings. The van der Waals surface area contributed by atoms with Gasteiger partial charge in [-0.2, -0.15) is 0 Å². The normalized spacial score (nSPS) is 17.1. The first-order valence-corrected chi connectivity index (χ1v) is 12.5. The maximum Gasteiger partial charge on any atom is 0.243 e. The Balaban J connectivity index is 1.74. The van der Waals surface area contributed by atoms with Crippen molar-refractivity contribution in [3.05, 3.63) is 54.5 Å². The molecule has 2 aromatic rings. The van der Waals surface area contributed by atoms with Crippen molar-refractivity contribution in [2.45, 2.75) is 50.3 Å². The van der Waals surface area contributed by atoms with E-state index in [9.17, 15) is 18.0 Å². The van der Waals surface area contributed by atoms with Crippen LogP contribution in [-0.4, -0.2) is 57.0 Å². The molecule has 2 atom stereocenters. The minimum Gasteiger partial charge on any atom is -0.467 e. The van der Waals surface area contributed by atoms with Gasteiger partial charge in [-0.3, -0.25) is 9.59 Å². The lowest BCUT2D eigenvalue weighted by atomic mass is 10.0. The summed E-state index contributed by atoms with van der Waals surface area (Å²) in [6.45, 7) is 4.28. The van der Waals surface area contributed by atoms with Gasteiger partial charge in [-0.1, -0.05) is 32.0 Å². The van der Waals surface area contributed by atoms with Gasteiger partial charge in [0.25, 0.3) is 0 Å². The van der Waals surface area contributed by atoms with E-state index in [1.165, 1.54) is 23.3 Å². The van der Waals surface area contributed by atoms with Crippen LogP contribution in [0.3, 0.4) is 0 Å². The second kappa shape index (κ2) is 11.4. The second-order valence-corrected chi connectivity index (χ2v) is 10.1. The van der Waals surface area contributed by atoms with E-state index in [1.807, 2.05) is 13.8 Å². The molecular formula is C23H31N3O6S. The number of furan rings is 1. The van der Waals surface area contributed by atoms with Gasteiger partial charge >= 0.3 is 0 Å². The molecule has 0 unspecified atom stereocenters. The quantitative estimate of drug-likeness (QED) is 0.510. The van der Waals surface area contributed by atoms with E-state index in [1.54, 1.807) is 30.3 Å². The highest BCUT2D eigenvalue weighted by Crippen LogP contribution is 2.18. The summed E-state index contributed by atoms with van der Waals surface area (Å²) in [4.78, 5) is 27.7. The molecule has 33 heavy (non-hydrogen) atoms. The Morgan fingerprint density at radius 3 is 2.52 bits per heavy atom. The molecule has 1 aliphatic rings. The highest BCUT2D eigenvalue weighted by Gasteiger charge is 2.34. The molecule has 1 aromatic carbocycles. The first-order valence-electron chi connectivity index (χ1n) is 11.0. The summed E-state index contributed by atoms with van der Waals surface area (Å²) in [5.41, 5.74) is 0. The third kappa shape index (κ3) is 6.89. The molecule has 0 bridgehead atoms. The van der Waals surface area contributed by atoms with Crippen molar-refractivity contribution in [1.29, 1.82) is 0 Å². The van der Waals surface area contributed by atoms with E-state index >= 15 is 0 Å². The third-order valence-electron chi connectivity index (χ3n) is 5.46. The van der Waals surface area contributed by atoms with Gasteiger partial charge in [0.15, 0.2) is 0 Å². The van der Waals surface area contributed by atoms with E-state index in [0.717, 1.165) is 12.8 Å². The maximum absolute atomic E-state index is 13.2. The van der Waals surface area contributed by atoms with Crippen LogP contribution >= 0.6 is 0 Å². The maximum atomic E-state index is 13.2. The first-order chi connectivity index (χ1) is 15.8. The Bertz CT molecular complexity index is 1000. The van der Waals surface area contributed by atoms with Crippen LogP contribution in [0.2, 0.25) is 0 Å². The third-order valence-corrected chi connectivity index (χ3v) is 6.87. The Morgan fingerprint density at radius 1 is 1.15 bits per heavy atom. The Hall–Kier alpha value is -2.69. The standard InChI is InChI=1S/C23H31N3O6S/c1-17(2)22(23(28)24-14-18-8-6-12-31-18)26(16-19-9-7-13-32-19)21(27)15-25-33(29,30)20-10-4-3-5-11-20/h3-5,7,9-11,13,17-18,22,25H,6,8,12,14-16H2,1-2H3,(H,24,28)/t18-,22+/m1/s1. The van der Waals surface area contributed by atoms with Crippen LogP contribution in [-0.2, 0) is 30.9 Å². The lowest BCUT2D eigenvalue weighted by Gasteiger charge is -2.33. The van der Waals surface area contributed by atoms with Gasteiger partial charge in [0, 0.05) is 13.2 Å². The molecular weight excluding hydrogens is 446 g/mol. The number of amides is 2. The zero-order valence-electron chi connectivity index (χ0n) is 18.9. The zero-order chi connectivity index (χ0) is 23.8. The van der Waals surface area contributed by atoms with Crippen LogP contribution in [0.5, 0.6) is 0 Å². The Labute approximate surface area is 194 Å². The fourth-order valence-corrected chi connectivity index (χ4v) is 4.78. The average Bonchev–Trinajstić information content (AvgIpc) is 3.50. The van der Waals surface area contributed by atoms with Crippen LogP contribution < -0.4 is 10.0 Å². The average molecular weight is 478 g/mol. The molecule has 2 amide bonds. The summed E-state index contributed by atoms with van der Waals surface area (Å²) in [5.74, 6) is -0.575. The second-order valence-electron chi connectivity index (χ2n) is 8.31. The van der Waals surface area contributed by atoms with Crippen molar-refractivity contribution in [1.82, 2.24) is 14.9 Å². The van der Waals surface area contributed by atoms with E-state index < -0.39 is 28.5 Å². The molecule has 9 nitrogen and oxygen atoms in total. The number of hydrogen-bond acceptors (Lipinski definition) is 6. The summed E-state index contributed by atoms with van der Waals surface area (Å²) < 4.78 is 38.4. The fourth-order valence-electron chi connectivity index (χ4n) is 3.78. The van der Waals surface area contributed by atoms with Crippen molar-refractivity contribution in [2.75, 3.05) is 19.7 Å². The number of hydrogen-bond donors (Lipinski definition) is 2. The lowest BCUT2D eigenvalue weighted by Crippen LogP contribution is -2.54. The van der Waals surface area contributed by atoms with Crippen molar-refractivity contribution < 1.29 is 27.2 Å². The molecule has 3 rings (SSSR count). The van der Waals surface area contributed by atoms with Crippen LogP contribution in [0.4, 0.5) is 0 Å². The molecule has 2 N–H and O–H groups in total. The molecule has 0 saturated carbocycles. The van der Waals surface area contributed by atoms with E-state index in [-0.39, 0.29) is 29.4 Å². The number of sulfonamides is 1. The van der Waals surface area contributed by atoms with Crippen molar-refractivity contribution in [3.8, 4) is 0 Å². The van der Waals surface area contributed by atoms with Crippen LogP contribution in [0.1, 0.15) is 32.4 Å². The molecule has 1 aliphatic heterocycles. The van der Waals surface area contributed by atoms with Gasteiger partial charge < -0.3 is 19.4 Å². The van der Waals surface area contributed by atoms with Gasteiger partial charge in [-0.15, -0.1) is 0 Å². The van der Waals surface area contributed by atoms with Gasteiger partial charge in [0.1, 0.15) is 11.8 Å². The van der Waals surface area contributed by atoms with Crippen LogP contribution in [0, 0.1) is 5.92 Å². The SMILES string of the molecule is CC(C)[C@@H](C(=O)NC[C@H]1CCCO1)N(Cc1ccco1)C(=O)CNS(=O)(=O)c1ccccc1. The molecule has 0 spiro atoms. The molecule has 0 radical (unpaired) electrons. The van der Waals surface area contributed by atoms with Gasteiger partial charge in [-0.25, -0.2) is 13.1 Å². The van der Waals surface area contributed by atoms with Crippen molar-refractivity contribution in [2.24, 2.45) is 5.92 Å². The number of rotatable bonds is 11. The molecule has 0 aliphatic carbocycles. The number of carbonyl (C=O) groups is 2. The summed E-state index contributed by atoms with van der Waals surface area (Å²) in [5, 5.41) is 2.89. The molecule has 2 heterocycles. The first kappa shape index (κ1) is 24.9. The van der Waals surface area contributed by atoms with Gasteiger partial charge in [0.05, 0.1) is 30.4 Å². The van der Waals surface area contributed by atoms with Crippen LogP contribution in [0.15, 0.2) is 58.0 Å². The highest BCUT2D eigenvalue weighted by molar-refractivity contribution is 7.89. The number of benzene rings is 1. The molecule has 10 heteroatoms.